The smallest absolute Gasteiger partial charge is 0.410 e. The van der Waals surface area contributed by atoms with Gasteiger partial charge in [-0.25, -0.2) is 13.2 Å². The van der Waals surface area contributed by atoms with Crippen LogP contribution in [0.4, 0.5) is 4.79 Å². The van der Waals surface area contributed by atoms with E-state index in [1.165, 1.54) is 14.1 Å². The van der Waals surface area contributed by atoms with Gasteiger partial charge in [0.2, 0.25) is 10.0 Å². The van der Waals surface area contributed by atoms with Crippen molar-refractivity contribution in [2.45, 2.75) is 39.2 Å². The number of ether oxygens (including phenoxy) is 2. The summed E-state index contributed by atoms with van der Waals surface area (Å²) in [6.07, 6.45) is 1.91. The Morgan fingerprint density at radius 3 is 2.17 bits per heavy atom. The van der Waals surface area contributed by atoms with Crippen molar-refractivity contribution in [1.82, 2.24) is 14.1 Å². The highest BCUT2D eigenvalue weighted by Gasteiger charge is 2.33. The Morgan fingerprint density at radius 2 is 1.62 bits per heavy atom. The lowest BCUT2D eigenvalue weighted by atomic mass is 9.98. The highest BCUT2D eigenvalue weighted by molar-refractivity contribution is 7.88. The van der Waals surface area contributed by atoms with Crippen LogP contribution in [0, 0.1) is 5.92 Å². The minimum Gasteiger partial charge on any atom is -0.455 e. The quantitative estimate of drug-likeness (QED) is 0.585. The van der Waals surface area contributed by atoms with Crippen LogP contribution in [0.5, 0.6) is 0 Å². The fourth-order valence-corrected chi connectivity index (χ4v) is 4.10. The third-order valence-electron chi connectivity index (χ3n) is 4.80. The highest BCUT2D eigenvalue weighted by atomic mass is 32.2. The Kier molecular flexibility index (Phi) is 7.50. The molecule has 0 bridgehead atoms. The van der Waals surface area contributed by atoms with Crippen LogP contribution in [0.1, 0.15) is 33.6 Å². The summed E-state index contributed by atoms with van der Waals surface area (Å²) in [6, 6.07) is 0. The number of esters is 1. The molecular formula is C18H31N3O7S. The number of carbonyl (C=O) groups is 3. The van der Waals surface area contributed by atoms with Gasteiger partial charge >= 0.3 is 12.1 Å². The van der Waals surface area contributed by atoms with Crippen LogP contribution in [-0.2, 0) is 29.1 Å². The Hall–Kier alpha value is -1.88. The van der Waals surface area contributed by atoms with E-state index in [0.29, 0.717) is 19.4 Å². The van der Waals surface area contributed by atoms with Crippen molar-refractivity contribution in [2.75, 3.05) is 52.1 Å². The van der Waals surface area contributed by atoms with Crippen molar-refractivity contribution < 1.29 is 32.3 Å². The van der Waals surface area contributed by atoms with Gasteiger partial charge in [0.05, 0.1) is 12.2 Å². The van der Waals surface area contributed by atoms with Gasteiger partial charge in [0.25, 0.3) is 5.91 Å². The molecule has 10 nitrogen and oxygen atoms in total. The van der Waals surface area contributed by atoms with Crippen molar-refractivity contribution in [3.63, 3.8) is 0 Å². The Morgan fingerprint density at radius 1 is 1.00 bits per heavy atom. The number of hydrogen-bond donors (Lipinski definition) is 0. The molecule has 1 unspecified atom stereocenters. The predicted octanol–water partition coefficient (Wildman–Crippen LogP) is 0.281. The summed E-state index contributed by atoms with van der Waals surface area (Å²) in [6.45, 7) is 6.65. The van der Waals surface area contributed by atoms with Crippen LogP contribution in [0.3, 0.4) is 0 Å². The minimum absolute atomic E-state index is 0.203. The molecule has 1 atom stereocenters. The van der Waals surface area contributed by atoms with E-state index in [4.69, 9.17) is 9.47 Å². The molecule has 0 aliphatic carbocycles. The average Bonchev–Trinajstić information content (AvgIpc) is 2.64. The zero-order valence-electron chi connectivity index (χ0n) is 17.5. The number of carbonyl (C=O) groups excluding carboxylic acids is 3. The number of likely N-dealkylation sites (tertiary alicyclic amines) is 1. The molecule has 2 fully saturated rings. The molecule has 2 aliphatic heterocycles. The molecule has 29 heavy (non-hydrogen) atoms. The molecule has 0 N–H and O–H groups in total. The predicted molar refractivity (Wildman–Crippen MR) is 104 cm³/mol. The fraction of sp³-hybridized carbons (Fsp3) is 0.833. The monoisotopic (exact) mass is 433 g/mol. The minimum atomic E-state index is -3.27. The Balaban J connectivity index is 1.78. The summed E-state index contributed by atoms with van der Waals surface area (Å²) in [5, 5.41) is 0. The first kappa shape index (κ1) is 23.4. The largest absolute Gasteiger partial charge is 0.455 e. The summed E-state index contributed by atoms with van der Waals surface area (Å²) in [7, 11) is -3.27. The number of piperidine rings is 1. The normalized spacial score (nSPS) is 21.6. The maximum absolute atomic E-state index is 12.4. The van der Waals surface area contributed by atoms with Crippen LogP contribution < -0.4 is 0 Å². The van der Waals surface area contributed by atoms with Crippen LogP contribution in [0.2, 0.25) is 0 Å². The van der Waals surface area contributed by atoms with Crippen molar-refractivity contribution in [3.8, 4) is 0 Å². The summed E-state index contributed by atoms with van der Waals surface area (Å²) < 4.78 is 34.9. The first-order chi connectivity index (χ1) is 13.4. The van der Waals surface area contributed by atoms with Gasteiger partial charge in [0.1, 0.15) is 5.60 Å². The molecule has 2 heterocycles. The fourth-order valence-electron chi connectivity index (χ4n) is 3.27. The highest BCUT2D eigenvalue weighted by Crippen LogP contribution is 2.20. The second-order valence-corrected chi connectivity index (χ2v) is 10.4. The summed E-state index contributed by atoms with van der Waals surface area (Å²) >= 11 is 0. The Bertz CT molecular complexity index is 724. The van der Waals surface area contributed by atoms with Crippen LogP contribution in [-0.4, -0.2) is 98.2 Å². The molecule has 0 aromatic rings. The van der Waals surface area contributed by atoms with Crippen molar-refractivity contribution >= 4 is 28.0 Å². The molecule has 166 valence electrons. The molecular weight excluding hydrogens is 402 g/mol. The molecule has 0 saturated carbocycles. The van der Waals surface area contributed by atoms with E-state index in [1.807, 2.05) is 0 Å². The maximum atomic E-state index is 12.4. The van der Waals surface area contributed by atoms with Gasteiger partial charge in [-0.2, -0.15) is 4.31 Å². The first-order valence-electron chi connectivity index (χ1n) is 9.74. The summed E-state index contributed by atoms with van der Waals surface area (Å²) in [4.78, 5) is 39.8. The second kappa shape index (κ2) is 9.29. The van der Waals surface area contributed by atoms with E-state index < -0.39 is 33.6 Å². The molecule has 11 heteroatoms. The molecule has 2 saturated heterocycles. The van der Waals surface area contributed by atoms with Gasteiger partial charge in [-0.3, -0.25) is 9.59 Å². The molecule has 0 spiro atoms. The lowest BCUT2D eigenvalue weighted by Crippen LogP contribution is -2.51. The third-order valence-corrected chi connectivity index (χ3v) is 6.11. The number of piperazine rings is 1. The number of amides is 2. The van der Waals surface area contributed by atoms with Crippen LogP contribution in [0.25, 0.3) is 0 Å². The molecule has 2 aliphatic rings. The average molecular weight is 434 g/mol. The summed E-state index contributed by atoms with van der Waals surface area (Å²) in [5.41, 5.74) is -0.613. The maximum Gasteiger partial charge on any atom is 0.410 e. The number of sulfonamides is 1. The van der Waals surface area contributed by atoms with Gasteiger partial charge < -0.3 is 19.3 Å². The van der Waals surface area contributed by atoms with E-state index in [2.05, 4.69) is 0 Å². The van der Waals surface area contributed by atoms with Gasteiger partial charge in [-0.05, 0) is 33.6 Å². The number of nitrogens with zero attached hydrogens (tertiary/aromatic N) is 3. The van der Waals surface area contributed by atoms with Gasteiger partial charge in [0.15, 0.2) is 6.61 Å². The number of rotatable bonds is 4. The van der Waals surface area contributed by atoms with Gasteiger partial charge in [0, 0.05) is 39.3 Å². The topological polar surface area (TPSA) is 114 Å². The van der Waals surface area contributed by atoms with Gasteiger partial charge in [-0.1, -0.05) is 0 Å². The molecule has 2 rings (SSSR count). The lowest BCUT2D eigenvalue weighted by molar-refractivity contribution is -0.157. The third kappa shape index (κ3) is 7.14. The van der Waals surface area contributed by atoms with Crippen molar-refractivity contribution in [1.29, 1.82) is 0 Å². The van der Waals surface area contributed by atoms with E-state index in [-0.39, 0.29) is 45.2 Å². The van der Waals surface area contributed by atoms with E-state index >= 15 is 0 Å². The van der Waals surface area contributed by atoms with Crippen LogP contribution >= 0.6 is 0 Å². The van der Waals surface area contributed by atoms with Crippen LogP contribution in [0.15, 0.2) is 0 Å². The molecule has 0 aromatic carbocycles. The zero-order chi connectivity index (χ0) is 21.8. The zero-order valence-corrected chi connectivity index (χ0v) is 18.4. The summed E-state index contributed by atoms with van der Waals surface area (Å²) in [5.74, 6) is -1.36. The first-order valence-corrected chi connectivity index (χ1v) is 11.6. The SMILES string of the molecule is CC(C)(C)OC(=O)N1CCCC(C(=O)OCC(=O)N2CCN(S(C)(=O)=O)CC2)C1. The van der Waals surface area contributed by atoms with E-state index in [9.17, 15) is 22.8 Å². The van der Waals surface area contributed by atoms with Gasteiger partial charge in [-0.15, -0.1) is 0 Å². The van der Waals surface area contributed by atoms with E-state index in [0.717, 1.165) is 6.26 Å². The lowest BCUT2D eigenvalue weighted by Gasteiger charge is -2.34. The number of hydrogen-bond acceptors (Lipinski definition) is 7. The molecule has 0 radical (unpaired) electrons. The standard InChI is InChI=1S/C18H31N3O7S/c1-18(2,3)28-17(24)20-7-5-6-14(12-20)16(23)27-13-15(22)19-8-10-21(11-9-19)29(4,25)26/h14H,5-13H2,1-4H3. The van der Waals surface area contributed by atoms with E-state index in [1.54, 1.807) is 20.8 Å². The van der Waals surface area contributed by atoms with Crippen molar-refractivity contribution in [2.24, 2.45) is 5.92 Å². The van der Waals surface area contributed by atoms with Crippen molar-refractivity contribution in [3.05, 3.63) is 0 Å². The molecule has 0 aromatic heterocycles. The molecule has 2 amide bonds. The second-order valence-electron chi connectivity index (χ2n) is 8.42. The Labute approximate surface area is 172 Å².